The number of aliphatic hydroxyl groups excluding tert-OH is 1. The molecule has 0 unspecified atom stereocenters. The highest BCUT2D eigenvalue weighted by atomic mass is 35.5. The summed E-state index contributed by atoms with van der Waals surface area (Å²) in [5.41, 5.74) is 0.889. The van der Waals surface area contributed by atoms with Gasteiger partial charge in [-0.05, 0) is 42.8 Å². The fourth-order valence-electron chi connectivity index (χ4n) is 2.61. The molecule has 0 bridgehead atoms. The zero-order valence-electron chi connectivity index (χ0n) is 16.3. The second-order valence-corrected chi connectivity index (χ2v) is 8.30. The summed E-state index contributed by atoms with van der Waals surface area (Å²) in [7, 11) is -1.38. The van der Waals surface area contributed by atoms with Gasteiger partial charge in [0.25, 0.3) is 10.0 Å². The lowest BCUT2D eigenvalue weighted by atomic mass is 10.2. The monoisotopic (exact) mass is 442 g/mol. The number of amides is 1. The van der Waals surface area contributed by atoms with Crippen LogP contribution < -0.4 is 19.1 Å². The van der Waals surface area contributed by atoms with E-state index in [2.05, 4.69) is 5.32 Å². The molecule has 2 aromatic rings. The van der Waals surface area contributed by atoms with Gasteiger partial charge in [-0.2, -0.15) is 0 Å². The largest absolute Gasteiger partial charge is 0.495 e. The van der Waals surface area contributed by atoms with Crippen molar-refractivity contribution in [3.8, 4) is 11.5 Å². The second kappa shape index (κ2) is 9.82. The summed E-state index contributed by atoms with van der Waals surface area (Å²) in [5.74, 6) is -0.0669. The van der Waals surface area contributed by atoms with Gasteiger partial charge in [-0.25, -0.2) is 8.42 Å². The third-order valence-electron chi connectivity index (χ3n) is 4.03. The maximum Gasteiger partial charge on any atom is 0.268 e. The molecule has 0 aliphatic carbocycles. The van der Waals surface area contributed by atoms with Crippen LogP contribution in [-0.2, 0) is 14.8 Å². The SMILES string of the molecule is COc1ccc(N(CC(=O)NCCO)S(=O)(=O)c2cc(C)ccc2OC)cc1Cl. The summed E-state index contributed by atoms with van der Waals surface area (Å²) in [6.07, 6.45) is 0. The highest BCUT2D eigenvalue weighted by Crippen LogP contribution is 2.34. The van der Waals surface area contributed by atoms with E-state index in [1.54, 1.807) is 19.1 Å². The number of hydrogen-bond acceptors (Lipinski definition) is 6. The zero-order chi connectivity index (χ0) is 21.6. The number of halogens is 1. The van der Waals surface area contributed by atoms with Crippen molar-refractivity contribution in [3.63, 3.8) is 0 Å². The maximum atomic E-state index is 13.5. The number of rotatable bonds is 9. The molecule has 2 rings (SSSR count). The first kappa shape index (κ1) is 22.8. The molecule has 0 fully saturated rings. The van der Waals surface area contributed by atoms with E-state index in [9.17, 15) is 13.2 Å². The quantitative estimate of drug-likeness (QED) is 0.615. The highest BCUT2D eigenvalue weighted by Gasteiger charge is 2.30. The summed E-state index contributed by atoms with van der Waals surface area (Å²) < 4.78 is 38.2. The van der Waals surface area contributed by atoms with Gasteiger partial charge in [-0.3, -0.25) is 9.10 Å². The molecule has 0 aliphatic rings. The fourth-order valence-corrected chi connectivity index (χ4v) is 4.52. The van der Waals surface area contributed by atoms with Gasteiger partial charge in [-0.1, -0.05) is 17.7 Å². The molecular weight excluding hydrogens is 420 g/mol. The summed E-state index contributed by atoms with van der Waals surface area (Å²) in [6, 6.07) is 9.15. The summed E-state index contributed by atoms with van der Waals surface area (Å²) >= 11 is 6.17. The number of ether oxygens (including phenoxy) is 2. The molecule has 8 nitrogen and oxygen atoms in total. The summed E-state index contributed by atoms with van der Waals surface area (Å²) in [6.45, 7) is 0.978. The number of aliphatic hydroxyl groups is 1. The van der Waals surface area contributed by atoms with Gasteiger partial charge >= 0.3 is 0 Å². The van der Waals surface area contributed by atoms with Crippen LogP contribution in [0.5, 0.6) is 11.5 Å². The van der Waals surface area contributed by atoms with Crippen molar-refractivity contribution in [2.75, 3.05) is 38.2 Å². The normalized spacial score (nSPS) is 11.1. The number of carbonyl (C=O) groups is 1. The molecule has 2 aromatic carbocycles. The van der Waals surface area contributed by atoms with E-state index in [1.807, 2.05) is 0 Å². The van der Waals surface area contributed by atoms with Crippen molar-refractivity contribution in [2.45, 2.75) is 11.8 Å². The van der Waals surface area contributed by atoms with Crippen molar-refractivity contribution >= 4 is 33.2 Å². The topological polar surface area (TPSA) is 105 Å². The van der Waals surface area contributed by atoms with E-state index in [0.717, 1.165) is 4.31 Å². The van der Waals surface area contributed by atoms with Crippen molar-refractivity contribution in [3.05, 3.63) is 47.0 Å². The van der Waals surface area contributed by atoms with Crippen molar-refractivity contribution in [2.24, 2.45) is 0 Å². The van der Waals surface area contributed by atoms with Gasteiger partial charge in [0.05, 0.1) is 31.5 Å². The molecule has 10 heteroatoms. The molecule has 158 valence electrons. The first-order chi connectivity index (χ1) is 13.7. The third kappa shape index (κ3) is 5.31. The second-order valence-electron chi connectivity index (χ2n) is 6.06. The van der Waals surface area contributed by atoms with Crippen molar-refractivity contribution < 1.29 is 27.8 Å². The van der Waals surface area contributed by atoms with Crippen LogP contribution in [0.15, 0.2) is 41.3 Å². The minimum Gasteiger partial charge on any atom is -0.495 e. The molecule has 0 atom stereocenters. The molecule has 0 aromatic heterocycles. The minimum atomic E-state index is -4.19. The Bertz CT molecular complexity index is 981. The number of nitrogens with one attached hydrogen (secondary N) is 1. The van der Waals surface area contributed by atoms with E-state index >= 15 is 0 Å². The Kier molecular flexibility index (Phi) is 7.72. The minimum absolute atomic E-state index is 0.00383. The molecule has 29 heavy (non-hydrogen) atoms. The lowest BCUT2D eigenvalue weighted by Crippen LogP contribution is -2.41. The van der Waals surface area contributed by atoms with Crippen molar-refractivity contribution in [1.29, 1.82) is 0 Å². The Hall–Kier alpha value is -2.49. The van der Waals surface area contributed by atoms with Gasteiger partial charge in [0.1, 0.15) is 22.9 Å². The number of benzene rings is 2. The van der Waals surface area contributed by atoms with Crippen LogP contribution in [0.1, 0.15) is 5.56 Å². The smallest absolute Gasteiger partial charge is 0.268 e. The molecule has 0 spiro atoms. The average Bonchev–Trinajstić information content (AvgIpc) is 2.70. The van der Waals surface area contributed by atoms with E-state index in [1.165, 1.54) is 38.5 Å². The fraction of sp³-hybridized carbons (Fsp3) is 0.316. The van der Waals surface area contributed by atoms with Gasteiger partial charge in [0.15, 0.2) is 0 Å². The standard InChI is InChI=1S/C19H23ClN2O6S/c1-13-4-6-17(28-3)18(10-13)29(25,26)22(12-19(24)21-8-9-23)14-5-7-16(27-2)15(20)11-14/h4-7,10-11,23H,8-9,12H2,1-3H3,(H,21,24). The highest BCUT2D eigenvalue weighted by molar-refractivity contribution is 7.93. The Labute approximate surface area is 175 Å². The van der Waals surface area contributed by atoms with E-state index in [4.69, 9.17) is 26.2 Å². The number of aryl methyl sites for hydroxylation is 1. The summed E-state index contributed by atoms with van der Waals surface area (Å²) in [5, 5.41) is 11.5. The maximum absolute atomic E-state index is 13.5. The Balaban J connectivity index is 2.58. The average molecular weight is 443 g/mol. The molecule has 0 saturated carbocycles. The summed E-state index contributed by atoms with van der Waals surface area (Å²) in [4.78, 5) is 12.2. The number of sulfonamides is 1. The molecule has 2 N–H and O–H groups in total. The predicted molar refractivity (Wildman–Crippen MR) is 110 cm³/mol. The van der Waals surface area contributed by atoms with Gasteiger partial charge in [0.2, 0.25) is 5.91 Å². The van der Waals surface area contributed by atoms with Crippen LogP contribution in [0, 0.1) is 6.92 Å². The van der Waals surface area contributed by atoms with Crippen molar-refractivity contribution in [1.82, 2.24) is 5.32 Å². The number of methoxy groups -OCH3 is 2. The van der Waals surface area contributed by atoms with Crippen LogP contribution in [0.25, 0.3) is 0 Å². The Morgan fingerprint density at radius 2 is 1.79 bits per heavy atom. The number of nitrogens with zero attached hydrogens (tertiary/aromatic N) is 1. The van der Waals surface area contributed by atoms with Crippen LogP contribution in [0.2, 0.25) is 5.02 Å². The first-order valence-electron chi connectivity index (χ1n) is 8.63. The number of carbonyl (C=O) groups excluding carboxylic acids is 1. The molecule has 0 heterocycles. The third-order valence-corrected chi connectivity index (χ3v) is 6.12. The van der Waals surface area contributed by atoms with Gasteiger partial charge in [0, 0.05) is 6.54 Å². The zero-order valence-corrected chi connectivity index (χ0v) is 17.9. The molecule has 1 amide bonds. The van der Waals surface area contributed by atoms with E-state index in [-0.39, 0.29) is 34.5 Å². The molecule has 0 aliphatic heterocycles. The molecular formula is C19H23ClN2O6S. The van der Waals surface area contributed by atoms with Gasteiger partial charge in [-0.15, -0.1) is 0 Å². The predicted octanol–water partition coefficient (Wildman–Crippen LogP) is 1.97. The van der Waals surface area contributed by atoms with E-state index < -0.39 is 22.5 Å². The molecule has 0 radical (unpaired) electrons. The molecule has 0 saturated heterocycles. The van der Waals surface area contributed by atoms with Crippen LogP contribution >= 0.6 is 11.6 Å². The van der Waals surface area contributed by atoms with Crippen LogP contribution in [-0.4, -0.2) is 53.3 Å². The Morgan fingerprint density at radius 3 is 2.38 bits per heavy atom. The van der Waals surface area contributed by atoms with Crippen LogP contribution in [0.3, 0.4) is 0 Å². The number of hydrogen-bond donors (Lipinski definition) is 2. The lowest BCUT2D eigenvalue weighted by Gasteiger charge is -2.25. The van der Waals surface area contributed by atoms with Crippen LogP contribution in [0.4, 0.5) is 5.69 Å². The van der Waals surface area contributed by atoms with Gasteiger partial charge < -0.3 is 19.9 Å². The number of anilines is 1. The lowest BCUT2D eigenvalue weighted by molar-refractivity contribution is -0.119. The van der Waals surface area contributed by atoms with E-state index in [0.29, 0.717) is 11.3 Å². The first-order valence-corrected chi connectivity index (χ1v) is 10.4. The Morgan fingerprint density at radius 1 is 1.14 bits per heavy atom.